The molecule has 2 aromatic rings. The summed E-state index contributed by atoms with van der Waals surface area (Å²) < 4.78 is 2.11. The molecule has 1 atom stereocenters. The van der Waals surface area contributed by atoms with Crippen LogP contribution in [-0.2, 0) is 13.6 Å². The number of aromatic nitrogens is 1. The van der Waals surface area contributed by atoms with Crippen LogP contribution >= 0.6 is 11.3 Å². The van der Waals surface area contributed by atoms with Crippen molar-refractivity contribution in [2.75, 3.05) is 6.54 Å². The third-order valence-corrected chi connectivity index (χ3v) is 4.71. The number of carbonyl (C=O) groups is 1. The lowest BCUT2D eigenvalue weighted by Crippen LogP contribution is -2.39. The average Bonchev–Trinajstić information content (AvgIpc) is 3.16. The lowest BCUT2D eigenvalue weighted by Gasteiger charge is -2.25. The summed E-state index contributed by atoms with van der Waals surface area (Å²) in [6.45, 7) is 1.46. The molecule has 0 bridgehead atoms. The Morgan fingerprint density at radius 3 is 3.05 bits per heavy atom. The number of thiophene rings is 1. The number of aryl methyl sites for hydroxylation is 1. The van der Waals surface area contributed by atoms with Crippen LogP contribution in [-0.4, -0.2) is 22.0 Å². The Balaban J connectivity index is 1.66. The molecule has 106 valence electrons. The number of hydrogen-bond donors (Lipinski definition) is 1. The molecule has 4 nitrogen and oxygen atoms in total. The molecule has 2 aromatic heterocycles. The van der Waals surface area contributed by atoms with Crippen molar-refractivity contribution >= 4 is 17.4 Å². The summed E-state index contributed by atoms with van der Waals surface area (Å²) in [5.74, 6) is 0. The van der Waals surface area contributed by atoms with E-state index in [-0.39, 0.29) is 12.1 Å². The molecule has 1 aliphatic heterocycles. The number of amides is 2. The highest BCUT2D eigenvalue weighted by Gasteiger charge is 2.31. The Hall–Kier alpha value is -1.75. The number of likely N-dealkylation sites (tertiary alicyclic amines) is 1. The molecule has 1 saturated heterocycles. The lowest BCUT2D eigenvalue weighted by atomic mass is 10.1. The summed E-state index contributed by atoms with van der Waals surface area (Å²) in [5, 5.41) is 5.06. The van der Waals surface area contributed by atoms with Crippen LogP contribution < -0.4 is 5.32 Å². The van der Waals surface area contributed by atoms with Crippen molar-refractivity contribution in [2.45, 2.75) is 25.4 Å². The second kappa shape index (κ2) is 5.71. The van der Waals surface area contributed by atoms with Crippen LogP contribution in [0.15, 0.2) is 35.8 Å². The van der Waals surface area contributed by atoms with Gasteiger partial charge in [-0.1, -0.05) is 6.07 Å². The van der Waals surface area contributed by atoms with Gasteiger partial charge in [-0.2, -0.15) is 0 Å². The smallest absolute Gasteiger partial charge is 0.318 e. The van der Waals surface area contributed by atoms with Crippen LogP contribution in [0, 0.1) is 0 Å². The van der Waals surface area contributed by atoms with E-state index in [0.29, 0.717) is 6.54 Å². The van der Waals surface area contributed by atoms with Gasteiger partial charge in [0.25, 0.3) is 0 Å². The lowest BCUT2D eigenvalue weighted by molar-refractivity contribution is 0.191. The van der Waals surface area contributed by atoms with E-state index >= 15 is 0 Å². The van der Waals surface area contributed by atoms with E-state index < -0.39 is 0 Å². The molecule has 20 heavy (non-hydrogen) atoms. The molecule has 1 aliphatic rings. The highest BCUT2D eigenvalue weighted by atomic mass is 32.1. The summed E-state index contributed by atoms with van der Waals surface area (Å²) in [6.07, 6.45) is 4.15. The monoisotopic (exact) mass is 289 g/mol. The van der Waals surface area contributed by atoms with E-state index in [1.54, 1.807) is 11.3 Å². The van der Waals surface area contributed by atoms with Crippen LogP contribution in [0.3, 0.4) is 0 Å². The minimum atomic E-state index is 0.0436. The zero-order valence-corrected chi connectivity index (χ0v) is 12.4. The van der Waals surface area contributed by atoms with Gasteiger partial charge in [0, 0.05) is 30.4 Å². The first-order valence-electron chi connectivity index (χ1n) is 6.94. The molecule has 2 amide bonds. The van der Waals surface area contributed by atoms with E-state index in [0.717, 1.165) is 19.4 Å². The number of hydrogen-bond acceptors (Lipinski definition) is 2. The molecule has 0 aromatic carbocycles. The fourth-order valence-corrected chi connectivity index (χ4v) is 3.46. The Labute approximate surface area is 123 Å². The van der Waals surface area contributed by atoms with Crippen LogP contribution in [0.4, 0.5) is 4.79 Å². The van der Waals surface area contributed by atoms with Gasteiger partial charge >= 0.3 is 6.03 Å². The normalized spacial score (nSPS) is 18.4. The summed E-state index contributed by atoms with van der Waals surface area (Å²) in [4.78, 5) is 15.5. The molecule has 3 rings (SSSR count). The predicted octanol–water partition coefficient (Wildman–Crippen LogP) is 3.13. The second-order valence-electron chi connectivity index (χ2n) is 5.13. The van der Waals surface area contributed by atoms with Crippen LogP contribution in [0.2, 0.25) is 0 Å². The third-order valence-electron chi connectivity index (χ3n) is 3.83. The molecule has 1 fully saturated rings. The zero-order valence-electron chi connectivity index (χ0n) is 11.6. The van der Waals surface area contributed by atoms with Crippen molar-refractivity contribution in [1.82, 2.24) is 14.8 Å². The van der Waals surface area contributed by atoms with Gasteiger partial charge in [0.2, 0.25) is 0 Å². The molecule has 3 heterocycles. The van der Waals surface area contributed by atoms with Gasteiger partial charge in [0.05, 0.1) is 12.6 Å². The standard InChI is InChI=1S/C15H19N3OS/c1-17-8-2-6-13(17)14-7-3-9-18(14)15(19)16-11-12-5-4-10-20-12/h2,4-6,8,10,14H,3,7,9,11H2,1H3,(H,16,19). The molecule has 0 spiro atoms. The molecule has 1 N–H and O–H groups in total. The van der Waals surface area contributed by atoms with Crippen LogP contribution in [0.1, 0.15) is 29.5 Å². The van der Waals surface area contributed by atoms with Gasteiger partial charge in [-0.15, -0.1) is 11.3 Å². The maximum atomic E-state index is 12.4. The van der Waals surface area contributed by atoms with Crippen LogP contribution in [0.25, 0.3) is 0 Å². The fourth-order valence-electron chi connectivity index (χ4n) is 2.82. The average molecular weight is 289 g/mol. The number of rotatable bonds is 3. The van der Waals surface area contributed by atoms with Gasteiger partial charge < -0.3 is 14.8 Å². The summed E-state index contributed by atoms with van der Waals surface area (Å²) in [6, 6.07) is 8.45. The third kappa shape index (κ3) is 2.58. The Bertz CT molecular complexity index is 576. The number of carbonyl (C=O) groups excluding carboxylic acids is 1. The van der Waals surface area contributed by atoms with Crippen molar-refractivity contribution in [2.24, 2.45) is 7.05 Å². The highest BCUT2D eigenvalue weighted by Crippen LogP contribution is 2.31. The van der Waals surface area contributed by atoms with Crippen molar-refractivity contribution in [1.29, 1.82) is 0 Å². The van der Waals surface area contributed by atoms with E-state index in [9.17, 15) is 4.79 Å². The number of urea groups is 1. The Morgan fingerprint density at radius 1 is 1.45 bits per heavy atom. The Kier molecular flexibility index (Phi) is 3.78. The predicted molar refractivity (Wildman–Crippen MR) is 80.6 cm³/mol. The SMILES string of the molecule is Cn1cccc1C1CCCN1C(=O)NCc1cccs1. The molecular formula is C15H19N3OS. The molecular weight excluding hydrogens is 270 g/mol. The maximum absolute atomic E-state index is 12.4. The fraction of sp³-hybridized carbons (Fsp3) is 0.400. The van der Waals surface area contributed by atoms with Gasteiger partial charge in [-0.3, -0.25) is 0 Å². The molecule has 5 heteroatoms. The van der Waals surface area contributed by atoms with E-state index in [1.165, 1.54) is 10.6 Å². The molecule has 1 unspecified atom stereocenters. The Morgan fingerprint density at radius 2 is 2.35 bits per heavy atom. The van der Waals surface area contributed by atoms with E-state index in [1.807, 2.05) is 41.7 Å². The number of nitrogens with zero attached hydrogens (tertiary/aromatic N) is 2. The zero-order chi connectivity index (χ0) is 13.9. The summed E-state index contributed by atoms with van der Waals surface area (Å²) in [5.41, 5.74) is 1.22. The quantitative estimate of drug-likeness (QED) is 0.926. The van der Waals surface area contributed by atoms with E-state index in [2.05, 4.69) is 16.0 Å². The maximum Gasteiger partial charge on any atom is 0.318 e. The van der Waals surface area contributed by atoms with Gasteiger partial charge in [0.15, 0.2) is 0 Å². The topological polar surface area (TPSA) is 37.3 Å². The summed E-state index contributed by atoms with van der Waals surface area (Å²) in [7, 11) is 2.04. The molecule has 0 aliphatic carbocycles. The number of nitrogens with one attached hydrogen (secondary N) is 1. The van der Waals surface area contributed by atoms with Gasteiger partial charge in [-0.25, -0.2) is 4.79 Å². The minimum absolute atomic E-state index is 0.0436. The van der Waals surface area contributed by atoms with Gasteiger partial charge in [0.1, 0.15) is 0 Å². The van der Waals surface area contributed by atoms with Crippen molar-refractivity contribution in [3.8, 4) is 0 Å². The minimum Gasteiger partial charge on any atom is -0.353 e. The first kappa shape index (κ1) is 13.2. The first-order chi connectivity index (χ1) is 9.75. The van der Waals surface area contributed by atoms with Crippen molar-refractivity contribution < 1.29 is 4.79 Å². The molecule has 0 saturated carbocycles. The van der Waals surface area contributed by atoms with Gasteiger partial charge in [-0.05, 0) is 36.4 Å². The highest BCUT2D eigenvalue weighted by molar-refractivity contribution is 7.09. The van der Waals surface area contributed by atoms with Crippen molar-refractivity contribution in [3.05, 3.63) is 46.4 Å². The van der Waals surface area contributed by atoms with E-state index in [4.69, 9.17) is 0 Å². The second-order valence-corrected chi connectivity index (χ2v) is 6.17. The summed E-state index contributed by atoms with van der Waals surface area (Å²) >= 11 is 1.67. The van der Waals surface area contributed by atoms with Crippen LogP contribution in [0.5, 0.6) is 0 Å². The largest absolute Gasteiger partial charge is 0.353 e. The van der Waals surface area contributed by atoms with Crippen molar-refractivity contribution in [3.63, 3.8) is 0 Å². The molecule has 0 radical (unpaired) electrons. The first-order valence-corrected chi connectivity index (χ1v) is 7.82.